The molecule has 1 aliphatic heterocycles. The first-order valence-corrected chi connectivity index (χ1v) is 11.6. The summed E-state index contributed by atoms with van der Waals surface area (Å²) < 4.78 is 40.8. The van der Waals surface area contributed by atoms with Crippen molar-refractivity contribution in [2.45, 2.75) is 44.1 Å². The molecule has 2 aromatic rings. The molecule has 162 valence electrons. The SMILES string of the molecule is CC(C)(O)C(=O)N1C[C@H](F)[C@H](NS(C)(=O)=O)[C@@H]1Cc1cccc(-c2ccccc2)c1. The number of halogens is 1. The summed E-state index contributed by atoms with van der Waals surface area (Å²) in [6, 6.07) is 15.5. The van der Waals surface area contributed by atoms with Crippen LogP contribution in [0.2, 0.25) is 0 Å². The monoisotopic (exact) mass is 434 g/mol. The van der Waals surface area contributed by atoms with E-state index in [1.807, 2.05) is 54.6 Å². The molecular formula is C22H27FN2O4S. The van der Waals surface area contributed by atoms with Crippen molar-refractivity contribution in [3.63, 3.8) is 0 Å². The highest BCUT2D eigenvalue weighted by Gasteiger charge is 2.48. The third-order valence-electron chi connectivity index (χ3n) is 5.19. The van der Waals surface area contributed by atoms with Crippen LogP contribution in [0.25, 0.3) is 11.1 Å². The maximum atomic E-state index is 14.8. The van der Waals surface area contributed by atoms with Crippen LogP contribution in [-0.2, 0) is 21.2 Å². The Balaban J connectivity index is 1.94. The first kappa shape index (κ1) is 22.4. The predicted molar refractivity (Wildman–Crippen MR) is 114 cm³/mol. The van der Waals surface area contributed by atoms with Gasteiger partial charge in [-0.1, -0.05) is 54.6 Å². The number of aliphatic hydroxyl groups is 1. The van der Waals surface area contributed by atoms with Crippen LogP contribution in [0.15, 0.2) is 54.6 Å². The summed E-state index contributed by atoms with van der Waals surface area (Å²) >= 11 is 0. The lowest BCUT2D eigenvalue weighted by molar-refractivity contribution is -0.149. The molecule has 0 aliphatic carbocycles. The smallest absolute Gasteiger partial charge is 0.254 e. The van der Waals surface area contributed by atoms with Gasteiger partial charge in [-0.05, 0) is 37.0 Å². The summed E-state index contributed by atoms with van der Waals surface area (Å²) in [5.41, 5.74) is 1.13. The van der Waals surface area contributed by atoms with Crippen molar-refractivity contribution in [2.75, 3.05) is 12.8 Å². The number of hydrogen-bond acceptors (Lipinski definition) is 4. The number of carbonyl (C=O) groups is 1. The quantitative estimate of drug-likeness (QED) is 0.729. The number of carbonyl (C=O) groups excluding carboxylic acids is 1. The van der Waals surface area contributed by atoms with E-state index >= 15 is 0 Å². The van der Waals surface area contributed by atoms with Crippen molar-refractivity contribution in [3.8, 4) is 11.1 Å². The Bertz CT molecular complexity index is 1010. The summed E-state index contributed by atoms with van der Waals surface area (Å²) in [6.45, 7) is 2.40. The number of benzene rings is 2. The fraction of sp³-hybridized carbons (Fsp3) is 0.409. The van der Waals surface area contributed by atoms with Crippen molar-refractivity contribution in [1.29, 1.82) is 0 Å². The van der Waals surface area contributed by atoms with Crippen LogP contribution in [-0.4, -0.2) is 61.0 Å². The minimum Gasteiger partial charge on any atom is -0.381 e. The average Bonchev–Trinajstić information content (AvgIpc) is 2.95. The molecule has 6 nitrogen and oxygen atoms in total. The molecule has 2 aromatic carbocycles. The van der Waals surface area contributed by atoms with Crippen LogP contribution in [0.3, 0.4) is 0 Å². The van der Waals surface area contributed by atoms with Gasteiger partial charge in [-0.15, -0.1) is 0 Å². The number of rotatable bonds is 6. The first-order valence-electron chi connectivity index (χ1n) is 9.75. The third-order valence-corrected chi connectivity index (χ3v) is 5.89. The normalized spacial score (nSPS) is 22.3. The van der Waals surface area contributed by atoms with Crippen molar-refractivity contribution in [1.82, 2.24) is 9.62 Å². The molecule has 1 saturated heterocycles. The van der Waals surface area contributed by atoms with E-state index in [4.69, 9.17) is 0 Å². The molecule has 0 unspecified atom stereocenters. The maximum absolute atomic E-state index is 14.8. The van der Waals surface area contributed by atoms with E-state index in [0.29, 0.717) is 0 Å². The van der Waals surface area contributed by atoms with E-state index in [-0.39, 0.29) is 13.0 Å². The van der Waals surface area contributed by atoms with Crippen molar-refractivity contribution >= 4 is 15.9 Å². The Morgan fingerprint density at radius 1 is 1.17 bits per heavy atom. The summed E-state index contributed by atoms with van der Waals surface area (Å²) in [7, 11) is -3.69. The average molecular weight is 435 g/mol. The number of likely N-dealkylation sites (tertiary alicyclic amines) is 1. The summed E-state index contributed by atoms with van der Waals surface area (Å²) in [5, 5.41) is 10.2. The second-order valence-corrected chi connectivity index (χ2v) is 10.1. The molecule has 1 aliphatic rings. The zero-order valence-electron chi connectivity index (χ0n) is 17.2. The number of amides is 1. The Hall–Kier alpha value is -2.29. The van der Waals surface area contributed by atoms with Crippen LogP contribution in [0, 0.1) is 0 Å². The number of nitrogens with zero attached hydrogens (tertiary/aromatic N) is 1. The zero-order chi connectivity index (χ0) is 22.1. The summed E-state index contributed by atoms with van der Waals surface area (Å²) in [4.78, 5) is 14.0. The molecule has 3 rings (SSSR count). The van der Waals surface area contributed by atoms with Crippen LogP contribution in [0.4, 0.5) is 4.39 Å². The highest BCUT2D eigenvalue weighted by atomic mass is 32.2. The lowest BCUT2D eigenvalue weighted by Crippen LogP contribution is -2.53. The Morgan fingerprint density at radius 3 is 2.40 bits per heavy atom. The van der Waals surface area contributed by atoms with E-state index < -0.39 is 39.8 Å². The van der Waals surface area contributed by atoms with E-state index in [0.717, 1.165) is 22.9 Å². The molecule has 1 heterocycles. The van der Waals surface area contributed by atoms with Crippen molar-refractivity contribution in [2.24, 2.45) is 0 Å². The van der Waals surface area contributed by atoms with E-state index in [1.54, 1.807) is 0 Å². The largest absolute Gasteiger partial charge is 0.381 e. The standard InChI is InChI=1S/C22H27FN2O4S/c1-22(2,27)21(26)25-14-18(23)20(24-30(3,28)29)19(25)13-15-8-7-11-17(12-15)16-9-5-4-6-10-16/h4-12,18-20,24,27H,13-14H2,1-3H3/t18-,19-,20-/m0/s1. The topological polar surface area (TPSA) is 86.7 Å². The third kappa shape index (κ3) is 5.24. The first-order chi connectivity index (χ1) is 14.0. The Morgan fingerprint density at radius 2 is 1.80 bits per heavy atom. The van der Waals surface area contributed by atoms with Gasteiger partial charge in [-0.3, -0.25) is 4.79 Å². The summed E-state index contributed by atoms with van der Waals surface area (Å²) in [5.74, 6) is -0.632. The van der Waals surface area contributed by atoms with Crippen molar-refractivity contribution < 1.29 is 22.7 Å². The van der Waals surface area contributed by atoms with Gasteiger partial charge in [0.15, 0.2) is 0 Å². The minimum atomic E-state index is -3.69. The predicted octanol–water partition coefficient (Wildman–Crippen LogP) is 2.13. The second-order valence-electron chi connectivity index (χ2n) is 8.29. The number of alkyl halides is 1. The van der Waals surface area contributed by atoms with Crippen LogP contribution < -0.4 is 4.72 Å². The molecule has 8 heteroatoms. The maximum Gasteiger partial charge on any atom is 0.254 e. The summed E-state index contributed by atoms with van der Waals surface area (Å²) in [6.07, 6.45) is -0.364. The zero-order valence-corrected chi connectivity index (χ0v) is 18.1. The molecule has 3 atom stereocenters. The lowest BCUT2D eigenvalue weighted by atomic mass is 9.96. The molecule has 0 radical (unpaired) electrons. The van der Waals surface area contributed by atoms with E-state index in [1.165, 1.54) is 18.7 Å². The highest BCUT2D eigenvalue weighted by Crippen LogP contribution is 2.29. The fourth-order valence-electron chi connectivity index (χ4n) is 3.84. The number of sulfonamides is 1. The van der Waals surface area contributed by atoms with Gasteiger partial charge in [-0.2, -0.15) is 0 Å². The molecule has 0 spiro atoms. The van der Waals surface area contributed by atoms with E-state index in [2.05, 4.69) is 4.72 Å². The molecule has 0 saturated carbocycles. The van der Waals surface area contributed by atoms with Gasteiger partial charge in [0.1, 0.15) is 11.8 Å². The molecular weight excluding hydrogens is 407 g/mol. The Kier molecular flexibility index (Phi) is 6.31. The molecule has 0 bridgehead atoms. The van der Waals surface area contributed by atoms with E-state index in [9.17, 15) is 22.7 Å². The van der Waals surface area contributed by atoms with Gasteiger partial charge in [0.25, 0.3) is 5.91 Å². The van der Waals surface area contributed by atoms with Gasteiger partial charge in [-0.25, -0.2) is 17.5 Å². The van der Waals surface area contributed by atoms with Gasteiger partial charge < -0.3 is 10.0 Å². The van der Waals surface area contributed by atoms with Crippen LogP contribution >= 0.6 is 0 Å². The molecule has 2 N–H and O–H groups in total. The fourth-order valence-corrected chi connectivity index (χ4v) is 4.64. The number of nitrogens with one attached hydrogen (secondary N) is 1. The van der Waals surface area contributed by atoms with Crippen LogP contribution in [0.5, 0.6) is 0 Å². The second kappa shape index (κ2) is 8.45. The minimum absolute atomic E-state index is 0.246. The lowest BCUT2D eigenvalue weighted by Gasteiger charge is -2.32. The molecule has 30 heavy (non-hydrogen) atoms. The molecule has 1 fully saturated rings. The Labute approximate surface area is 176 Å². The molecule has 0 aromatic heterocycles. The van der Waals surface area contributed by atoms with Crippen molar-refractivity contribution in [3.05, 3.63) is 60.2 Å². The van der Waals surface area contributed by atoms with Gasteiger partial charge in [0, 0.05) is 0 Å². The highest BCUT2D eigenvalue weighted by molar-refractivity contribution is 7.88. The van der Waals surface area contributed by atoms with Gasteiger partial charge in [0.2, 0.25) is 10.0 Å². The van der Waals surface area contributed by atoms with Gasteiger partial charge >= 0.3 is 0 Å². The number of hydrogen-bond donors (Lipinski definition) is 2. The van der Waals surface area contributed by atoms with Gasteiger partial charge in [0.05, 0.1) is 24.9 Å². The van der Waals surface area contributed by atoms with Crippen LogP contribution in [0.1, 0.15) is 19.4 Å². The molecule has 1 amide bonds.